The van der Waals surface area contributed by atoms with Gasteiger partial charge in [0.05, 0.1) is 0 Å². The van der Waals surface area contributed by atoms with Crippen molar-refractivity contribution in [2.75, 3.05) is 20.1 Å². The van der Waals surface area contributed by atoms with Crippen molar-refractivity contribution < 1.29 is 14.4 Å². The summed E-state index contributed by atoms with van der Waals surface area (Å²) in [5, 5.41) is 12.6. The maximum absolute atomic E-state index is 10.9. The third-order valence-electron chi connectivity index (χ3n) is 2.68. The van der Waals surface area contributed by atoms with E-state index in [1.165, 1.54) is 0 Å². The van der Waals surface area contributed by atoms with Crippen LogP contribution in [0.3, 0.4) is 0 Å². The first-order valence-corrected chi connectivity index (χ1v) is 5.45. The Morgan fingerprint density at radius 1 is 1.73 bits per heavy atom. The highest BCUT2D eigenvalue weighted by molar-refractivity contribution is 9.10. The van der Waals surface area contributed by atoms with Gasteiger partial charge in [-0.25, -0.2) is 4.79 Å². The number of carboxylic acids is 1. The number of nitrogens with zero attached hydrogens (tertiary/aromatic N) is 2. The fourth-order valence-electron chi connectivity index (χ4n) is 1.96. The summed E-state index contributed by atoms with van der Waals surface area (Å²) in [7, 11) is 2.02. The smallest absolute Gasteiger partial charge is 0.375 e. The molecule has 1 aliphatic rings. The van der Waals surface area contributed by atoms with Gasteiger partial charge in [-0.2, -0.15) is 0 Å². The van der Waals surface area contributed by atoms with E-state index >= 15 is 0 Å². The largest absolute Gasteiger partial charge is 0.475 e. The van der Waals surface area contributed by atoms with E-state index in [0.29, 0.717) is 10.2 Å². The summed E-state index contributed by atoms with van der Waals surface area (Å²) in [5.74, 6) is -0.901. The van der Waals surface area contributed by atoms with Crippen LogP contribution in [0.2, 0.25) is 0 Å². The lowest BCUT2D eigenvalue weighted by Crippen LogP contribution is -2.14. The number of aromatic nitrogens is 1. The molecule has 6 heteroatoms. The van der Waals surface area contributed by atoms with Crippen molar-refractivity contribution in [1.82, 2.24) is 10.1 Å². The zero-order valence-corrected chi connectivity index (χ0v) is 9.82. The van der Waals surface area contributed by atoms with E-state index in [1.807, 2.05) is 7.05 Å². The summed E-state index contributed by atoms with van der Waals surface area (Å²) >= 11 is 3.23. The summed E-state index contributed by atoms with van der Waals surface area (Å²) < 4.78 is 5.30. The van der Waals surface area contributed by atoms with Crippen molar-refractivity contribution in [1.29, 1.82) is 0 Å². The van der Waals surface area contributed by atoms with Crippen LogP contribution in [0.4, 0.5) is 0 Å². The van der Waals surface area contributed by atoms with Gasteiger partial charge < -0.3 is 14.5 Å². The predicted octanol–water partition coefficient (Wildman–Crippen LogP) is 1.55. The Balaban J connectivity index is 2.34. The van der Waals surface area contributed by atoms with E-state index in [9.17, 15) is 4.79 Å². The molecule has 0 amide bonds. The molecule has 1 fully saturated rings. The Kier molecular flexibility index (Phi) is 2.79. The van der Waals surface area contributed by atoms with E-state index in [2.05, 4.69) is 26.0 Å². The lowest BCUT2D eigenvalue weighted by Gasteiger charge is -2.08. The zero-order valence-electron chi connectivity index (χ0n) is 8.23. The first kappa shape index (κ1) is 10.6. The van der Waals surface area contributed by atoms with Crippen molar-refractivity contribution in [3.63, 3.8) is 0 Å². The molecule has 15 heavy (non-hydrogen) atoms. The standard InChI is InChI=1S/C9H11BrN2O3/c1-12-3-2-5(4-12)6-7(9(13)14)15-11-8(6)10/h5H,2-4H2,1H3,(H,13,14). The second-order valence-electron chi connectivity index (χ2n) is 3.77. The van der Waals surface area contributed by atoms with Crippen LogP contribution in [-0.4, -0.2) is 41.3 Å². The highest BCUT2D eigenvalue weighted by Gasteiger charge is 2.31. The molecule has 1 saturated heterocycles. The van der Waals surface area contributed by atoms with E-state index in [-0.39, 0.29) is 11.7 Å². The molecular weight excluding hydrogens is 264 g/mol. The molecule has 1 unspecified atom stereocenters. The number of rotatable bonds is 2. The van der Waals surface area contributed by atoms with Crippen LogP contribution in [0.1, 0.15) is 28.5 Å². The van der Waals surface area contributed by atoms with Gasteiger partial charge in [0.1, 0.15) is 0 Å². The van der Waals surface area contributed by atoms with Crippen molar-refractivity contribution in [2.45, 2.75) is 12.3 Å². The number of likely N-dealkylation sites (tertiary alicyclic amines) is 1. The Morgan fingerprint density at radius 2 is 2.47 bits per heavy atom. The molecule has 0 aliphatic carbocycles. The van der Waals surface area contributed by atoms with Crippen LogP contribution in [0, 0.1) is 0 Å². The minimum Gasteiger partial charge on any atom is -0.475 e. The zero-order chi connectivity index (χ0) is 11.0. The Morgan fingerprint density at radius 3 is 3.00 bits per heavy atom. The van der Waals surface area contributed by atoms with Crippen LogP contribution in [0.15, 0.2) is 9.13 Å². The second kappa shape index (κ2) is 3.94. The minimum atomic E-state index is -1.06. The predicted molar refractivity (Wildman–Crippen MR) is 56.0 cm³/mol. The summed E-state index contributed by atoms with van der Waals surface area (Å²) in [6.07, 6.45) is 0.941. The monoisotopic (exact) mass is 274 g/mol. The summed E-state index contributed by atoms with van der Waals surface area (Å²) in [5.41, 5.74) is 0.687. The van der Waals surface area contributed by atoms with Crippen molar-refractivity contribution >= 4 is 21.9 Å². The lowest BCUT2D eigenvalue weighted by molar-refractivity contribution is 0.0649. The first-order chi connectivity index (χ1) is 7.09. The molecule has 82 valence electrons. The molecule has 1 atom stereocenters. The van der Waals surface area contributed by atoms with Crippen LogP contribution in [0.25, 0.3) is 0 Å². The Hall–Kier alpha value is -0.880. The fourth-order valence-corrected chi connectivity index (χ4v) is 2.53. The molecule has 2 rings (SSSR count). The van der Waals surface area contributed by atoms with Gasteiger partial charge in [0.2, 0.25) is 5.76 Å². The third-order valence-corrected chi connectivity index (χ3v) is 3.25. The molecule has 1 aromatic rings. The summed E-state index contributed by atoms with van der Waals surface area (Å²) in [6.45, 7) is 1.82. The third kappa shape index (κ3) is 1.91. The van der Waals surface area contributed by atoms with Gasteiger partial charge in [-0.15, -0.1) is 0 Å². The van der Waals surface area contributed by atoms with E-state index in [0.717, 1.165) is 19.5 Å². The minimum absolute atomic E-state index is 0.0397. The van der Waals surface area contributed by atoms with Crippen LogP contribution in [0.5, 0.6) is 0 Å². The quantitative estimate of drug-likeness (QED) is 0.887. The fraction of sp³-hybridized carbons (Fsp3) is 0.556. The maximum atomic E-state index is 10.9. The van der Waals surface area contributed by atoms with E-state index < -0.39 is 5.97 Å². The van der Waals surface area contributed by atoms with Gasteiger partial charge in [0.25, 0.3) is 0 Å². The lowest BCUT2D eigenvalue weighted by atomic mass is 9.99. The SMILES string of the molecule is CN1CCC(c2c(Br)noc2C(=O)O)C1. The molecule has 0 spiro atoms. The number of hydrogen-bond acceptors (Lipinski definition) is 4. The van der Waals surface area contributed by atoms with Gasteiger partial charge in [0.15, 0.2) is 4.60 Å². The second-order valence-corrected chi connectivity index (χ2v) is 4.52. The van der Waals surface area contributed by atoms with E-state index in [1.54, 1.807) is 0 Å². The first-order valence-electron chi connectivity index (χ1n) is 4.66. The number of carbonyl (C=O) groups is 1. The van der Waals surface area contributed by atoms with Gasteiger partial charge in [-0.3, -0.25) is 0 Å². The van der Waals surface area contributed by atoms with Gasteiger partial charge in [-0.05, 0) is 35.9 Å². The highest BCUT2D eigenvalue weighted by Crippen LogP contribution is 2.34. The number of carboxylic acid groups (broad SMARTS) is 1. The highest BCUT2D eigenvalue weighted by atomic mass is 79.9. The molecule has 0 aromatic carbocycles. The van der Waals surface area contributed by atoms with Crippen molar-refractivity contribution in [2.24, 2.45) is 0 Å². The van der Waals surface area contributed by atoms with Gasteiger partial charge >= 0.3 is 5.97 Å². The molecule has 1 N–H and O–H groups in total. The Labute approximate surface area is 95.2 Å². The number of halogens is 1. The van der Waals surface area contributed by atoms with Crippen LogP contribution < -0.4 is 0 Å². The maximum Gasteiger partial charge on any atom is 0.375 e. The molecule has 2 heterocycles. The normalized spacial score (nSPS) is 22.1. The molecule has 0 bridgehead atoms. The molecule has 5 nitrogen and oxygen atoms in total. The van der Waals surface area contributed by atoms with Gasteiger partial charge in [0, 0.05) is 18.0 Å². The number of hydrogen-bond donors (Lipinski definition) is 1. The van der Waals surface area contributed by atoms with E-state index in [4.69, 9.17) is 9.63 Å². The van der Waals surface area contributed by atoms with Crippen molar-refractivity contribution in [3.8, 4) is 0 Å². The molecule has 0 saturated carbocycles. The molecule has 1 aromatic heterocycles. The number of likely N-dealkylation sites (N-methyl/N-ethyl adjacent to an activating group) is 1. The van der Waals surface area contributed by atoms with Crippen LogP contribution >= 0.6 is 15.9 Å². The molecular formula is C9H11BrN2O3. The topological polar surface area (TPSA) is 66.6 Å². The molecule has 0 radical (unpaired) electrons. The number of aromatic carboxylic acids is 1. The molecule has 1 aliphatic heterocycles. The average molecular weight is 275 g/mol. The summed E-state index contributed by atoms with van der Waals surface area (Å²) in [4.78, 5) is 13.1. The Bertz CT molecular complexity index is 391. The van der Waals surface area contributed by atoms with Crippen molar-refractivity contribution in [3.05, 3.63) is 15.9 Å². The van der Waals surface area contributed by atoms with Gasteiger partial charge in [-0.1, -0.05) is 5.16 Å². The summed E-state index contributed by atoms with van der Waals surface area (Å²) in [6, 6.07) is 0. The average Bonchev–Trinajstić information content (AvgIpc) is 2.71. The van der Waals surface area contributed by atoms with Crippen LogP contribution in [-0.2, 0) is 0 Å².